The fourth-order valence-electron chi connectivity index (χ4n) is 4.20. The summed E-state index contributed by atoms with van der Waals surface area (Å²) < 4.78 is 0. The number of rotatable bonds is 12. The number of Topliss-reactive ketones (excluding diaryl/α,β-unsaturated/α-hetero) is 1. The summed E-state index contributed by atoms with van der Waals surface area (Å²) in [5.74, 6) is -2.75. The number of amides is 3. The average molecular weight is 566 g/mol. The summed E-state index contributed by atoms with van der Waals surface area (Å²) in [6, 6.07) is 18.4. The normalized spacial score (nSPS) is 11.4. The minimum Gasteiger partial charge on any atom is -0.508 e. The molecule has 0 fully saturated rings. The number of phenols is 1. The first-order valence-electron chi connectivity index (χ1n) is 12.7. The Bertz CT molecular complexity index is 1360. The summed E-state index contributed by atoms with van der Waals surface area (Å²) in [6.07, 6.45) is -0.102. The third-order valence-corrected chi connectivity index (χ3v) is 6.67. The summed E-state index contributed by atoms with van der Waals surface area (Å²) in [5, 5.41) is 24.7. The summed E-state index contributed by atoms with van der Waals surface area (Å²) >= 11 is 6.38. The van der Waals surface area contributed by atoms with E-state index < -0.39 is 23.8 Å². The van der Waals surface area contributed by atoms with Gasteiger partial charge in [-0.15, -0.1) is 0 Å². The second-order valence-electron chi connectivity index (χ2n) is 9.53. The first kappa shape index (κ1) is 30.2. The van der Waals surface area contributed by atoms with Crippen LogP contribution < -0.4 is 10.6 Å². The highest BCUT2D eigenvalue weighted by molar-refractivity contribution is 6.34. The van der Waals surface area contributed by atoms with Crippen LogP contribution in [0.3, 0.4) is 0 Å². The number of aliphatic carboxylic acids is 1. The van der Waals surface area contributed by atoms with Crippen LogP contribution in [0.2, 0.25) is 5.02 Å². The van der Waals surface area contributed by atoms with Gasteiger partial charge < -0.3 is 25.7 Å². The Balaban J connectivity index is 1.56. The van der Waals surface area contributed by atoms with E-state index in [1.54, 1.807) is 38.2 Å². The summed E-state index contributed by atoms with van der Waals surface area (Å²) in [4.78, 5) is 51.3. The fourth-order valence-corrected chi connectivity index (χ4v) is 4.57. The third-order valence-electron chi connectivity index (χ3n) is 6.37. The van der Waals surface area contributed by atoms with Gasteiger partial charge in [0.05, 0.1) is 10.9 Å². The highest BCUT2D eigenvalue weighted by Crippen LogP contribution is 2.25. The Morgan fingerprint density at radius 2 is 1.65 bits per heavy atom. The number of carbonyl (C=O) groups excluding carboxylic acids is 3. The Morgan fingerprint density at radius 1 is 0.950 bits per heavy atom. The van der Waals surface area contributed by atoms with Gasteiger partial charge in [-0.3, -0.25) is 14.4 Å². The number of carbonyl (C=O) groups is 4. The van der Waals surface area contributed by atoms with E-state index in [-0.39, 0.29) is 53.6 Å². The van der Waals surface area contributed by atoms with Gasteiger partial charge in [0.15, 0.2) is 5.78 Å². The van der Waals surface area contributed by atoms with Crippen molar-refractivity contribution in [3.63, 3.8) is 0 Å². The second-order valence-corrected chi connectivity index (χ2v) is 9.93. The molecule has 0 saturated carbocycles. The lowest BCUT2D eigenvalue weighted by molar-refractivity contribution is -0.141. The van der Waals surface area contributed by atoms with Crippen LogP contribution >= 0.6 is 11.6 Å². The maximum Gasteiger partial charge on any atom is 0.317 e. The summed E-state index contributed by atoms with van der Waals surface area (Å²) in [5.41, 5.74) is 2.64. The van der Waals surface area contributed by atoms with Gasteiger partial charge in [0.2, 0.25) is 0 Å². The number of phenolic OH excluding ortho intramolecular Hbond substituents is 1. The molecule has 1 atom stereocenters. The van der Waals surface area contributed by atoms with Crippen molar-refractivity contribution in [3.8, 4) is 5.75 Å². The number of nitrogens with one attached hydrogen (secondary N) is 2. The van der Waals surface area contributed by atoms with Gasteiger partial charge in [0.1, 0.15) is 5.75 Å². The minimum atomic E-state index is -1.12. The standard InChI is InChI=1S/C30H32ClN3O6/c1-19-13-23(28(37)32-16-21-9-6-10-24(35)14-21)15-25(31)27(19)26(36)12-11-22(29(38)39)17-33-30(40)34(2)18-20-7-4-3-5-8-20/h3-10,13-15,22,35H,11-12,16-18H2,1-2H3,(H,32,37)(H,33,40)(H,38,39)/t22-/m0/s1. The Hall–Kier alpha value is -4.37. The van der Waals surface area contributed by atoms with E-state index >= 15 is 0 Å². The van der Waals surface area contributed by atoms with Gasteiger partial charge in [0, 0.05) is 44.2 Å². The molecule has 0 saturated heterocycles. The number of benzene rings is 3. The SMILES string of the molecule is Cc1cc(C(=O)NCc2cccc(O)c2)cc(Cl)c1C(=O)CC[C@@H](CNC(=O)N(C)Cc1ccccc1)C(=O)O. The number of carboxylic acids is 1. The lowest BCUT2D eigenvalue weighted by Gasteiger charge is -2.20. The topological polar surface area (TPSA) is 136 Å². The van der Waals surface area contributed by atoms with Gasteiger partial charge in [-0.1, -0.05) is 54.1 Å². The van der Waals surface area contributed by atoms with Crippen LogP contribution in [-0.4, -0.2) is 52.4 Å². The van der Waals surface area contributed by atoms with Crippen LogP contribution in [0.25, 0.3) is 0 Å². The van der Waals surface area contributed by atoms with Crippen molar-refractivity contribution in [2.45, 2.75) is 32.9 Å². The van der Waals surface area contributed by atoms with Gasteiger partial charge >= 0.3 is 12.0 Å². The van der Waals surface area contributed by atoms with Gasteiger partial charge in [-0.05, 0) is 54.3 Å². The number of aromatic hydroxyl groups is 1. The first-order valence-corrected chi connectivity index (χ1v) is 13.1. The molecule has 4 N–H and O–H groups in total. The monoisotopic (exact) mass is 565 g/mol. The molecule has 0 aromatic heterocycles. The molecule has 210 valence electrons. The molecule has 0 spiro atoms. The second kappa shape index (κ2) is 14.1. The molecule has 0 aliphatic carbocycles. The zero-order valence-corrected chi connectivity index (χ0v) is 23.1. The van der Waals surface area contributed by atoms with Crippen LogP contribution in [0.1, 0.15) is 50.2 Å². The molecule has 3 rings (SSSR count). The van der Waals surface area contributed by atoms with Crippen molar-refractivity contribution in [2.75, 3.05) is 13.6 Å². The van der Waals surface area contributed by atoms with E-state index in [0.29, 0.717) is 12.1 Å². The lowest BCUT2D eigenvalue weighted by atomic mass is 9.95. The Labute approximate surface area is 237 Å². The molecule has 0 heterocycles. The molecule has 0 radical (unpaired) electrons. The van der Waals surface area contributed by atoms with Crippen molar-refractivity contribution >= 4 is 35.3 Å². The van der Waals surface area contributed by atoms with E-state index in [1.807, 2.05) is 30.3 Å². The molecule has 10 heteroatoms. The first-order chi connectivity index (χ1) is 19.0. The molecule has 40 heavy (non-hydrogen) atoms. The molecule has 3 amide bonds. The molecule has 0 bridgehead atoms. The molecule has 9 nitrogen and oxygen atoms in total. The highest BCUT2D eigenvalue weighted by atomic mass is 35.5. The summed E-state index contributed by atoms with van der Waals surface area (Å²) in [6.45, 7) is 2.08. The maximum atomic E-state index is 13.0. The van der Waals surface area contributed by atoms with Gasteiger partial charge in [0.25, 0.3) is 5.91 Å². The van der Waals surface area contributed by atoms with Crippen LogP contribution in [0.15, 0.2) is 66.7 Å². The smallest absolute Gasteiger partial charge is 0.317 e. The average Bonchev–Trinajstić information content (AvgIpc) is 2.91. The molecule has 0 aliphatic heterocycles. The van der Waals surface area contributed by atoms with Gasteiger partial charge in [-0.25, -0.2) is 4.79 Å². The van der Waals surface area contributed by atoms with Crippen molar-refractivity contribution in [3.05, 3.63) is 99.6 Å². The van der Waals surface area contributed by atoms with Crippen molar-refractivity contribution in [1.29, 1.82) is 0 Å². The van der Waals surface area contributed by atoms with E-state index in [1.165, 1.54) is 17.0 Å². The number of halogens is 1. The minimum absolute atomic E-state index is 0.00122. The molecular formula is C30H32ClN3O6. The van der Waals surface area contributed by atoms with E-state index in [0.717, 1.165) is 11.1 Å². The van der Waals surface area contributed by atoms with Crippen molar-refractivity contribution < 1.29 is 29.4 Å². The van der Waals surface area contributed by atoms with Crippen LogP contribution in [0.4, 0.5) is 4.79 Å². The molecule has 3 aromatic rings. The number of hydrogen-bond donors (Lipinski definition) is 4. The lowest BCUT2D eigenvalue weighted by Crippen LogP contribution is -2.40. The molecule has 3 aromatic carbocycles. The van der Waals surface area contributed by atoms with Crippen molar-refractivity contribution in [2.24, 2.45) is 5.92 Å². The number of carboxylic acid groups (broad SMARTS) is 1. The van der Waals surface area contributed by atoms with E-state index in [2.05, 4.69) is 10.6 Å². The number of nitrogens with zero attached hydrogens (tertiary/aromatic N) is 1. The predicted octanol–water partition coefficient (Wildman–Crippen LogP) is 4.79. The van der Waals surface area contributed by atoms with Crippen LogP contribution in [0, 0.1) is 12.8 Å². The van der Waals surface area contributed by atoms with Gasteiger partial charge in [-0.2, -0.15) is 0 Å². The quantitative estimate of drug-likeness (QED) is 0.233. The zero-order valence-electron chi connectivity index (χ0n) is 22.3. The number of hydrogen-bond acceptors (Lipinski definition) is 5. The number of ketones is 1. The summed E-state index contributed by atoms with van der Waals surface area (Å²) in [7, 11) is 1.61. The Kier molecular flexibility index (Phi) is 10.7. The number of urea groups is 1. The Morgan fingerprint density at radius 3 is 2.30 bits per heavy atom. The largest absolute Gasteiger partial charge is 0.508 e. The molecule has 0 aliphatic rings. The number of aryl methyl sites for hydroxylation is 1. The van der Waals surface area contributed by atoms with Crippen LogP contribution in [-0.2, 0) is 17.9 Å². The molecular weight excluding hydrogens is 534 g/mol. The fraction of sp³-hybridized carbons (Fsp3) is 0.267. The highest BCUT2D eigenvalue weighted by Gasteiger charge is 2.23. The van der Waals surface area contributed by atoms with Crippen LogP contribution in [0.5, 0.6) is 5.75 Å². The maximum absolute atomic E-state index is 13.0. The van der Waals surface area contributed by atoms with Crippen molar-refractivity contribution in [1.82, 2.24) is 15.5 Å². The molecule has 0 unspecified atom stereocenters. The van der Waals surface area contributed by atoms with E-state index in [4.69, 9.17) is 11.6 Å². The zero-order chi connectivity index (χ0) is 29.2. The predicted molar refractivity (Wildman–Crippen MR) is 151 cm³/mol. The van der Waals surface area contributed by atoms with E-state index in [9.17, 15) is 29.4 Å². The third kappa shape index (κ3) is 8.57.